The first kappa shape index (κ1) is 29.5. The van der Waals surface area contributed by atoms with Gasteiger partial charge in [0.1, 0.15) is 6.04 Å². The monoisotopic (exact) mass is 543 g/mol. The van der Waals surface area contributed by atoms with Crippen molar-refractivity contribution < 1.29 is 26.8 Å². The molecule has 2 rings (SSSR count). The molecular formula is C25H32ClF2N3O4S. The van der Waals surface area contributed by atoms with Crippen molar-refractivity contribution in [2.24, 2.45) is 5.92 Å². The minimum atomic E-state index is -3.83. The van der Waals surface area contributed by atoms with E-state index < -0.39 is 27.7 Å². The average molecular weight is 544 g/mol. The van der Waals surface area contributed by atoms with Crippen molar-refractivity contribution in [3.63, 3.8) is 0 Å². The van der Waals surface area contributed by atoms with E-state index in [4.69, 9.17) is 11.6 Å². The van der Waals surface area contributed by atoms with Gasteiger partial charge in [0.25, 0.3) is 0 Å². The van der Waals surface area contributed by atoms with Crippen LogP contribution in [0.2, 0.25) is 5.02 Å². The lowest BCUT2D eigenvalue weighted by atomic mass is 10.1. The van der Waals surface area contributed by atoms with Crippen molar-refractivity contribution in [3.8, 4) is 0 Å². The highest BCUT2D eigenvalue weighted by Gasteiger charge is 2.27. The van der Waals surface area contributed by atoms with Gasteiger partial charge in [0.2, 0.25) is 21.8 Å². The van der Waals surface area contributed by atoms with Crippen LogP contribution in [0.3, 0.4) is 0 Å². The zero-order valence-electron chi connectivity index (χ0n) is 20.8. The number of anilines is 1. The van der Waals surface area contributed by atoms with Crippen LogP contribution in [0, 0.1) is 17.6 Å². The van der Waals surface area contributed by atoms with Crippen LogP contribution in [0.5, 0.6) is 0 Å². The minimum absolute atomic E-state index is 0.0433. The second-order valence-corrected chi connectivity index (χ2v) is 11.3. The second-order valence-electron chi connectivity index (χ2n) is 8.97. The summed E-state index contributed by atoms with van der Waals surface area (Å²) in [5.41, 5.74) is 0.619. The van der Waals surface area contributed by atoms with E-state index in [-0.39, 0.29) is 49.4 Å². The smallest absolute Gasteiger partial charge is 0.242 e. The molecule has 0 spiro atoms. The summed E-state index contributed by atoms with van der Waals surface area (Å²) in [7, 11) is -3.83. The predicted molar refractivity (Wildman–Crippen MR) is 137 cm³/mol. The predicted octanol–water partition coefficient (Wildman–Crippen LogP) is 4.35. The van der Waals surface area contributed by atoms with E-state index in [1.165, 1.54) is 4.90 Å². The van der Waals surface area contributed by atoms with E-state index in [0.717, 1.165) is 28.8 Å². The third-order valence-electron chi connectivity index (χ3n) is 5.49. The molecule has 0 bridgehead atoms. The molecule has 0 saturated carbocycles. The van der Waals surface area contributed by atoms with Crippen LogP contribution in [0.4, 0.5) is 14.5 Å². The summed E-state index contributed by atoms with van der Waals surface area (Å²) < 4.78 is 52.5. The van der Waals surface area contributed by atoms with Crippen molar-refractivity contribution in [1.29, 1.82) is 0 Å². The number of rotatable bonds is 12. The van der Waals surface area contributed by atoms with Crippen LogP contribution in [0.25, 0.3) is 0 Å². The van der Waals surface area contributed by atoms with Crippen LogP contribution >= 0.6 is 11.6 Å². The lowest BCUT2D eigenvalue weighted by Crippen LogP contribution is -2.48. The quantitative estimate of drug-likeness (QED) is 0.431. The van der Waals surface area contributed by atoms with Gasteiger partial charge in [0, 0.05) is 37.1 Å². The molecule has 2 amide bonds. The largest absolute Gasteiger partial charge is 0.354 e. The van der Waals surface area contributed by atoms with Gasteiger partial charge in [-0.1, -0.05) is 43.6 Å². The molecule has 0 heterocycles. The van der Waals surface area contributed by atoms with Crippen LogP contribution in [0.1, 0.15) is 39.2 Å². The van der Waals surface area contributed by atoms with Gasteiger partial charge in [-0.3, -0.25) is 13.9 Å². The highest BCUT2D eigenvalue weighted by atomic mass is 35.5. The Morgan fingerprint density at radius 2 is 1.72 bits per heavy atom. The number of nitrogens with zero attached hydrogens (tertiary/aromatic N) is 2. The fraction of sp³-hybridized carbons (Fsp3) is 0.440. The van der Waals surface area contributed by atoms with Gasteiger partial charge in [-0.25, -0.2) is 17.2 Å². The Labute approximate surface area is 216 Å². The Balaban J connectivity index is 2.19. The lowest BCUT2D eigenvalue weighted by molar-refractivity contribution is -0.140. The summed E-state index contributed by atoms with van der Waals surface area (Å²) in [4.78, 5) is 27.4. The standard InChI is InChI=1S/C25H32ClF2N3O4S/c1-17(2)15-29-25(33)18(3)30(16-19-8-5-6-9-21(19)26)24(32)10-7-13-31(36(4,34)35)20-11-12-22(27)23(28)14-20/h5-6,8-9,11-12,14,17-18H,7,10,13,15-16H2,1-4H3,(H,29,33). The Morgan fingerprint density at radius 3 is 2.31 bits per heavy atom. The fourth-order valence-electron chi connectivity index (χ4n) is 3.49. The van der Waals surface area contributed by atoms with Crippen LogP contribution in [-0.2, 0) is 26.2 Å². The maximum atomic E-state index is 13.7. The van der Waals surface area contributed by atoms with Gasteiger partial charge in [-0.2, -0.15) is 0 Å². The molecule has 198 valence electrons. The van der Waals surface area contributed by atoms with Crippen LogP contribution < -0.4 is 9.62 Å². The number of benzene rings is 2. The molecule has 1 unspecified atom stereocenters. The molecule has 0 aliphatic carbocycles. The van der Waals surface area contributed by atoms with Gasteiger partial charge in [0.05, 0.1) is 11.9 Å². The highest BCUT2D eigenvalue weighted by Crippen LogP contribution is 2.22. The molecule has 0 aliphatic heterocycles. The summed E-state index contributed by atoms with van der Waals surface area (Å²) in [6, 6.07) is 8.98. The minimum Gasteiger partial charge on any atom is -0.354 e. The van der Waals surface area contributed by atoms with Crippen molar-refractivity contribution in [3.05, 3.63) is 64.7 Å². The number of hydrogen-bond acceptors (Lipinski definition) is 4. The molecule has 2 aromatic carbocycles. The summed E-state index contributed by atoms with van der Waals surface area (Å²) >= 11 is 6.28. The summed E-state index contributed by atoms with van der Waals surface area (Å²) in [5, 5.41) is 3.27. The van der Waals surface area contributed by atoms with Gasteiger partial charge in [0.15, 0.2) is 11.6 Å². The Hall–Kier alpha value is -2.72. The second kappa shape index (κ2) is 13.0. The molecule has 1 N–H and O–H groups in total. The summed E-state index contributed by atoms with van der Waals surface area (Å²) in [6.07, 6.45) is 0.952. The molecule has 7 nitrogen and oxygen atoms in total. The topological polar surface area (TPSA) is 86.8 Å². The molecular weight excluding hydrogens is 512 g/mol. The fourth-order valence-corrected chi connectivity index (χ4v) is 4.64. The Kier molecular flexibility index (Phi) is 10.7. The lowest BCUT2D eigenvalue weighted by Gasteiger charge is -2.30. The molecule has 0 saturated heterocycles. The van der Waals surface area contributed by atoms with E-state index in [9.17, 15) is 26.8 Å². The average Bonchev–Trinajstić information content (AvgIpc) is 2.80. The van der Waals surface area contributed by atoms with Crippen LogP contribution in [-0.4, -0.2) is 50.5 Å². The number of hydrogen-bond donors (Lipinski definition) is 1. The zero-order chi connectivity index (χ0) is 27.0. The third-order valence-corrected chi connectivity index (χ3v) is 7.06. The highest BCUT2D eigenvalue weighted by molar-refractivity contribution is 7.92. The van der Waals surface area contributed by atoms with Gasteiger partial charge < -0.3 is 10.2 Å². The van der Waals surface area contributed by atoms with Crippen molar-refractivity contribution >= 4 is 39.1 Å². The summed E-state index contributed by atoms with van der Waals surface area (Å²) in [5.74, 6) is -2.73. The number of halogens is 3. The molecule has 0 aliphatic rings. The van der Waals surface area contributed by atoms with E-state index in [2.05, 4.69) is 5.32 Å². The normalized spacial score (nSPS) is 12.3. The first-order valence-corrected chi connectivity index (χ1v) is 13.8. The molecule has 0 fully saturated rings. The van der Waals surface area contributed by atoms with Gasteiger partial charge in [-0.15, -0.1) is 0 Å². The number of nitrogens with one attached hydrogen (secondary N) is 1. The Bertz CT molecular complexity index is 1180. The summed E-state index contributed by atoms with van der Waals surface area (Å²) in [6.45, 7) is 5.94. The van der Waals surface area contributed by atoms with E-state index >= 15 is 0 Å². The van der Waals surface area contributed by atoms with E-state index in [1.54, 1.807) is 31.2 Å². The third kappa shape index (κ3) is 8.44. The molecule has 11 heteroatoms. The molecule has 0 radical (unpaired) electrons. The first-order chi connectivity index (χ1) is 16.8. The van der Waals surface area contributed by atoms with Crippen molar-refractivity contribution in [2.45, 2.75) is 46.2 Å². The maximum absolute atomic E-state index is 13.7. The van der Waals surface area contributed by atoms with Crippen molar-refractivity contribution in [1.82, 2.24) is 10.2 Å². The van der Waals surface area contributed by atoms with E-state index in [1.807, 2.05) is 13.8 Å². The van der Waals surface area contributed by atoms with Gasteiger partial charge in [-0.05, 0) is 43.0 Å². The Morgan fingerprint density at radius 1 is 1.06 bits per heavy atom. The zero-order valence-corrected chi connectivity index (χ0v) is 22.4. The maximum Gasteiger partial charge on any atom is 0.242 e. The number of carbonyl (C=O) groups excluding carboxylic acids is 2. The number of carbonyl (C=O) groups is 2. The number of sulfonamides is 1. The molecule has 0 aromatic heterocycles. The van der Waals surface area contributed by atoms with E-state index in [0.29, 0.717) is 17.1 Å². The van der Waals surface area contributed by atoms with Crippen LogP contribution in [0.15, 0.2) is 42.5 Å². The molecule has 36 heavy (non-hydrogen) atoms. The molecule has 1 atom stereocenters. The first-order valence-electron chi connectivity index (χ1n) is 11.5. The molecule has 2 aromatic rings. The SMILES string of the molecule is CC(C)CNC(=O)C(C)N(Cc1ccccc1Cl)C(=O)CCCN(c1ccc(F)c(F)c1)S(C)(=O)=O. The number of amides is 2. The van der Waals surface area contributed by atoms with Gasteiger partial charge >= 0.3 is 0 Å². The van der Waals surface area contributed by atoms with Crippen molar-refractivity contribution in [2.75, 3.05) is 23.7 Å².